The molecule has 3 heterocycles. The fraction of sp³-hybridized carbons (Fsp3) is 0.250. The molecule has 0 aromatic carbocycles. The smallest absolute Gasteiger partial charge is 0.193 e. The third-order valence-electron chi connectivity index (χ3n) is 2.75. The Balaban J connectivity index is 1.80. The van der Waals surface area contributed by atoms with Gasteiger partial charge in [0.25, 0.3) is 0 Å². The molecule has 0 saturated heterocycles. The Kier molecular flexibility index (Phi) is 2.49. The van der Waals surface area contributed by atoms with Gasteiger partial charge in [0.2, 0.25) is 0 Å². The van der Waals surface area contributed by atoms with E-state index in [1.165, 1.54) is 0 Å². The van der Waals surface area contributed by atoms with E-state index in [2.05, 4.69) is 4.98 Å². The van der Waals surface area contributed by atoms with Crippen molar-refractivity contribution in [1.29, 1.82) is 0 Å². The molecule has 5 heteroatoms. The molecular weight excluding hydrogens is 234 g/mol. The number of imidazole rings is 1. The first kappa shape index (κ1) is 10.6. The second-order valence-corrected chi connectivity index (χ2v) is 5.00. The number of nitrogens with zero attached hydrogens (tertiary/aromatic N) is 2. The van der Waals surface area contributed by atoms with Gasteiger partial charge < -0.3 is 10.2 Å². The highest BCUT2D eigenvalue weighted by Crippen LogP contribution is 2.19. The van der Waals surface area contributed by atoms with Crippen molar-refractivity contribution in [3.63, 3.8) is 0 Å². The summed E-state index contributed by atoms with van der Waals surface area (Å²) in [5.74, 6) is 0.890. The maximum atomic E-state index is 6.13. The molecule has 1 unspecified atom stereocenters. The highest BCUT2D eigenvalue weighted by molar-refractivity contribution is 7.15. The summed E-state index contributed by atoms with van der Waals surface area (Å²) in [4.78, 5) is 5.53. The van der Waals surface area contributed by atoms with Gasteiger partial charge in [-0.3, -0.25) is 4.40 Å². The first-order chi connectivity index (χ1) is 8.22. The van der Waals surface area contributed by atoms with E-state index in [9.17, 15) is 0 Å². The quantitative estimate of drug-likeness (QED) is 0.773. The van der Waals surface area contributed by atoms with Gasteiger partial charge in [0.05, 0.1) is 12.0 Å². The van der Waals surface area contributed by atoms with E-state index >= 15 is 0 Å². The van der Waals surface area contributed by atoms with Crippen LogP contribution in [-0.4, -0.2) is 9.38 Å². The Morgan fingerprint density at radius 3 is 3.18 bits per heavy atom. The largest absolute Gasteiger partial charge is 0.469 e. The average molecular weight is 247 g/mol. The lowest BCUT2D eigenvalue weighted by molar-refractivity contribution is 0.528. The molecule has 4 nitrogen and oxygen atoms in total. The monoisotopic (exact) mass is 247 g/mol. The molecule has 0 saturated carbocycles. The number of aryl methyl sites for hydroxylation is 1. The topological polar surface area (TPSA) is 56.5 Å². The van der Waals surface area contributed by atoms with Crippen LogP contribution < -0.4 is 5.73 Å². The minimum absolute atomic E-state index is 0.0583. The lowest BCUT2D eigenvalue weighted by Crippen LogP contribution is -2.12. The van der Waals surface area contributed by atoms with Gasteiger partial charge in [0.15, 0.2) is 4.96 Å². The van der Waals surface area contributed by atoms with Crippen LogP contribution in [0.5, 0.6) is 0 Å². The normalized spacial score (nSPS) is 13.3. The molecule has 88 valence electrons. The Morgan fingerprint density at radius 1 is 1.59 bits per heavy atom. The summed E-state index contributed by atoms with van der Waals surface area (Å²) in [5.41, 5.74) is 8.17. The third-order valence-corrected chi connectivity index (χ3v) is 3.52. The molecule has 0 aliphatic carbocycles. The molecule has 3 aromatic rings. The van der Waals surface area contributed by atoms with E-state index in [1.807, 2.05) is 35.2 Å². The molecule has 17 heavy (non-hydrogen) atoms. The fourth-order valence-corrected chi connectivity index (χ4v) is 2.59. The minimum atomic E-state index is -0.0583. The van der Waals surface area contributed by atoms with Crippen LogP contribution in [0.25, 0.3) is 4.96 Å². The summed E-state index contributed by atoms with van der Waals surface area (Å²) in [6.45, 7) is 1.92. The van der Waals surface area contributed by atoms with Crippen LogP contribution in [-0.2, 0) is 6.42 Å². The van der Waals surface area contributed by atoms with Crippen molar-refractivity contribution in [2.75, 3.05) is 0 Å². The van der Waals surface area contributed by atoms with E-state index in [1.54, 1.807) is 17.6 Å². The number of fused-ring (bicyclic) bond motifs is 1. The summed E-state index contributed by atoms with van der Waals surface area (Å²) in [6.07, 6.45) is 6.48. The molecule has 3 aromatic heterocycles. The zero-order valence-corrected chi connectivity index (χ0v) is 10.3. The molecule has 0 radical (unpaired) electrons. The van der Waals surface area contributed by atoms with Gasteiger partial charge >= 0.3 is 0 Å². The lowest BCUT2D eigenvalue weighted by Gasteiger charge is -2.05. The number of aromatic nitrogens is 2. The summed E-state index contributed by atoms with van der Waals surface area (Å²) in [5, 5.41) is 2.02. The summed E-state index contributed by atoms with van der Waals surface area (Å²) >= 11 is 1.63. The molecule has 1 atom stereocenters. The molecule has 0 fully saturated rings. The number of furan rings is 1. The van der Waals surface area contributed by atoms with Crippen LogP contribution in [0.15, 0.2) is 34.5 Å². The fourth-order valence-electron chi connectivity index (χ4n) is 1.88. The third kappa shape index (κ3) is 1.99. The summed E-state index contributed by atoms with van der Waals surface area (Å²) in [6, 6.07) is 1.92. The summed E-state index contributed by atoms with van der Waals surface area (Å²) in [7, 11) is 0. The van der Waals surface area contributed by atoms with Crippen molar-refractivity contribution in [3.05, 3.63) is 47.1 Å². The van der Waals surface area contributed by atoms with Crippen LogP contribution in [0.1, 0.15) is 23.1 Å². The van der Waals surface area contributed by atoms with E-state index in [4.69, 9.17) is 10.2 Å². The number of nitrogens with two attached hydrogens (primary N) is 1. The van der Waals surface area contributed by atoms with Gasteiger partial charge in [-0.1, -0.05) is 0 Å². The van der Waals surface area contributed by atoms with Crippen LogP contribution in [0, 0.1) is 6.92 Å². The van der Waals surface area contributed by atoms with Crippen LogP contribution in [0.2, 0.25) is 0 Å². The number of hydrogen-bond acceptors (Lipinski definition) is 4. The molecule has 0 aliphatic rings. The molecule has 0 amide bonds. The van der Waals surface area contributed by atoms with Gasteiger partial charge in [-0.25, -0.2) is 4.98 Å². The number of hydrogen-bond donors (Lipinski definition) is 1. The van der Waals surface area contributed by atoms with Crippen LogP contribution >= 0.6 is 11.3 Å². The molecule has 0 aliphatic heterocycles. The first-order valence-electron chi connectivity index (χ1n) is 5.44. The highest BCUT2D eigenvalue weighted by Gasteiger charge is 2.12. The van der Waals surface area contributed by atoms with Gasteiger partial charge in [-0.2, -0.15) is 0 Å². The van der Waals surface area contributed by atoms with Crippen molar-refractivity contribution in [2.24, 2.45) is 5.73 Å². The molecule has 0 bridgehead atoms. The molecular formula is C12H13N3OS. The van der Waals surface area contributed by atoms with Crippen molar-refractivity contribution >= 4 is 16.3 Å². The SMILES string of the molecule is Cc1cc(C(N)Cc2cn3ccsc3n2)co1. The van der Waals surface area contributed by atoms with Crippen molar-refractivity contribution in [1.82, 2.24) is 9.38 Å². The van der Waals surface area contributed by atoms with E-state index in [0.717, 1.165) is 28.4 Å². The zero-order chi connectivity index (χ0) is 11.8. The first-order valence-corrected chi connectivity index (χ1v) is 6.32. The van der Waals surface area contributed by atoms with Crippen molar-refractivity contribution in [3.8, 4) is 0 Å². The Labute approximate surface area is 103 Å². The second-order valence-electron chi connectivity index (χ2n) is 4.13. The van der Waals surface area contributed by atoms with Gasteiger partial charge in [0, 0.05) is 35.8 Å². The molecule has 0 spiro atoms. The molecule has 2 N–H and O–H groups in total. The van der Waals surface area contributed by atoms with E-state index < -0.39 is 0 Å². The van der Waals surface area contributed by atoms with Crippen molar-refractivity contribution < 1.29 is 4.42 Å². The Hall–Kier alpha value is -1.59. The van der Waals surface area contributed by atoms with Crippen LogP contribution in [0.3, 0.4) is 0 Å². The predicted octanol–water partition coefficient (Wildman–Crippen LogP) is 2.54. The predicted molar refractivity (Wildman–Crippen MR) is 67.1 cm³/mol. The van der Waals surface area contributed by atoms with Gasteiger partial charge in [0.1, 0.15) is 5.76 Å². The van der Waals surface area contributed by atoms with Crippen LogP contribution in [0.4, 0.5) is 0 Å². The standard InChI is InChI=1S/C12H13N3OS/c1-8-4-9(7-16-8)11(13)5-10-6-15-2-3-17-12(15)14-10/h2-4,6-7,11H,5,13H2,1H3. The van der Waals surface area contributed by atoms with E-state index in [-0.39, 0.29) is 6.04 Å². The number of thiazole rings is 1. The zero-order valence-electron chi connectivity index (χ0n) is 9.46. The molecule has 3 rings (SSSR count). The van der Waals surface area contributed by atoms with Gasteiger partial charge in [-0.15, -0.1) is 11.3 Å². The number of rotatable bonds is 3. The Bertz CT molecular complexity index is 608. The minimum Gasteiger partial charge on any atom is -0.469 e. The van der Waals surface area contributed by atoms with Gasteiger partial charge in [-0.05, 0) is 13.0 Å². The maximum absolute atomic E-state index is 6.13. The lowest BCUT2D eigenvalue weighted by atomic mass is 10.1. The summed E-state index contributed by atoms with van der Waals surface area (Å²) < 4.78 is 7.28. The maximum Gasteiger partial charge on any atom is 0.193 e. The highest BCUT2D eigenvalue weighted by atomic mass is 32.1. The van der Waals surface area contributed by atoms with Crippen molar-refractivity contribution in [2.45, 2.75) is 19.4 Å². The van der Waals surface area contributed by atoms with E-state index in [0.29, 0.717) is 0 Å². The Morgan fingerprint density at radius 2 is 2.47 bits per heavy atom. The second kappa shape index (κ2) is 4.01. The average Bonchev–Trinajstić information content (AvgIpc) is 2.92.